The molecule has 0 atom stereocenters. The molecule has 80 heavy (non-hydrogen) atoms. The van der Waals surface area contributed by atoms with E-state index in [4.69, 9.17) is 11.6 Å². The quantitative estimate of drug-likeness (QED) is 0.0592. The molecule has 0 fully saturated rings. The van der Waals surface area contributed by atoms with Gasteiger partial charge in [0.15, 0.2) is 23.3 Å². The first-order chi connectivity index (χ1) is 37.1. The second kappa shape index (κ2) is 26.5. The van der Waals surface area contributed by atoms with Crippen molar-refractivity contribution in [2.75, 3.05) is 0 Å². The van der Waals surface area contributed by atoms with E-state index >= 15 is 0 Å². The van der Waals surface area contributed by atoms with Crippen molar-refractivity contribution in [2.45, 2.75) is 106 Å². The van der Waals surface area contributed by atoms with Crippen LogP contribution in [0.5, 0.6) is 5.75 Å². The lowest BCUT2D eigenvalue weighted by Crippen LogP contribution is -2.56. The normalized spacial score (nSPS) is 11.3. The van der Waals surface area contributed by atoms with Gasteiger partial charge >= 0.3 is 6.36 Å². The van der Waals surface area contributed by atoms with Crippen molar-refractivity contribution in [3.8, 4) is 5.75 Å². The molecular weight excluding hydrogens is 1080 g/mol. The van der Waals surface area contributed by atoms with Crippen LogP contribution in [0.2, 0.25) is 5.02 Å². The fourth-order valence-corrected chi connectivity index (χ4v) is 7.20. The van der Waals surface area contributed by atoms with Gasteiger partial charge in [-0.05, 0) is 166 Å². The third-order valence-electron chi connectivity index (χ3n) is 11.1. The highest BCUT2D eigenvalue weighted by atomic mass is 35.5. The molecule has 0 aromatic heterocycles. The van der Waals surface area contributed by atoms with Crippen LogP contribution >= 0.6 is 11.6 Å². The minimum atomic E-state index is -4.82. The van der Waals surface area contributed by atoms with Gasteiger partial charge < -0.3 is 4.74 Å². The molecule has 0 saturated carbocycles. The summed E-state index contributed by atoms with van der Waals surface area (Å²) in [7, 11) is 0. The van der Waals surface area contributed by atoms with Crippen LogP contribution in [0.4, 0.5) is 35.1 Å². The smallest absolute Gasteiger partial charge is 0.406 e. The Morgan fingerprint density at radius 1 is 0.475 bits per heavy atom. The van der Waals surface area contributed by atoms with E-state index in [0.29, 0.717) is 26.7 Å². The number of carbonyl (C=O) groups excluding carboxylic acids is 6. The third kappa shape index (κ3) is 17.3. The Kier molecular flexibility index (Phi) is 21.3. The topological polar surface area (TPSA) is 157 Å². The van der Waals surface area contributed by atoms with Crippen LogP contribution < -0.4 is 21.0 Å². The molecule has 6 amide bonds. The average molecular weight is 1140 g/mol. The molecule has 0 heterocycles. The molecule has 0 spiro atoms. The number of carbonyl (C=O) groups is 6. The first-order valence-corrected chi connectivity index (χ1v) is 24.7. The summed E-state index contributed by atoms with van der Waals surface area (Å²) in [5.74, 6) is -15.9. The molecule has 0 aliphatic rings. The molecule has 3 N–H and O–H groups in total. The number of nitrogens with one attached hydrogen (secondary N) is 3. The molecule has 6 aromatic rings. The van der Waals surface area contributed by atoms with Gasteiger partial charge in [0.2, 0.25) is 5.82 Å². The molecule has 6 aromatic carbocycles. The summed E-state index contributed by atoms with van der Waals surface area (Å²) in [6.45, 7) is 18.8. The Morgan fingerprint density at radius 2 is 0.838 bits per heavy atom. The van der Waals surface area contributed by atoms with E-state index < -0.39 is 87.0 Å². The van der Waals surface area contributed by atoms with Crippen LogP contribution in [-0.4, -0.2) is 73.4 Å². The maximum Gasteiger partial charge on any atom is 0.573 e. The van der Waals surface area contributed by atoms with Crippen molar-refractivity contribution in [3.63, 3.8) is 0 Å². The monoisotopic (exact) mass is 1140 g/mol. The van der Waals surface area contributed by atoms with Gasteiger partial charge in [0.25, 0.3) is 35.4 Å². The second-order valence-electron chi connectivity index (χ2n) is 20.5. The number of ether oxygens (including phenoxy) is 1. The average Bonchev–Trinajstić information content (AvgIpc) is 3.41. The van der Waals surface area contributed by atoms with Gasteiger partial charge in [-0.1, -0.05) is 67.1 Å². The Balaban J connectivity index is 0.000000259. The van der Waals surface area contributed by atoms with Gasteiger partial charge in [-0.2, -0.15) is 0 Å². The lowest BCUT2D eigenvalue weighted by Gasteiger charge is -2.35. The van der Waals surface area contributed by atoms with Crippen LogP contribution in [0.15, 0.2) is 127 Å². The van der Waals surface area contributed by atoms with Crippen molar-refractivity contribution in [3.05, 3.63) is 206 Å². The SMILES string of the molecule is CC(C)(C)N(NC(=O)c1ccccc1)C(=O)c1c(F)c(F)c(F)c(F)c1F.CCc1ccc(C(=O)NN(C(=O)c2ccc(OC(F)(F)F)cc2)C(C)(C)C)cc1.Cc1cc(Cl)ccc1C(=O)NN(C(=O)c1ccccc1)C(C)(C)C. The Morgan fingerprint density at radius 3 is 1.24 bits per heavy atom. The molecule has 0 aliphatic carbocycles. The summed E-state index contributed by atoms with van der Waals surface area (Å²) in [4.78, 5) is 75.8. The van der Waals surface area contributed by atoms with E-state index in [-0.39, 0.29) is 22.9 Å². The third-order valence-corrected chi connectivity index (χ3v) is 11.4. The number of alkyl halides is 3. The fourth-order valence-electron chi connectivity index (χ4n) is 6.97. The largest absolute Gasteiger partial charge is 0.573 e. The maximum atomic E-state index is 14.0. The Bertz CT molecular complexity index is 3150. The van der Waals surface area contributed by atoms with E-state index in [0.717, 1.165) is 34.7 Å². The van der Waals surface area contributed by atoms with Gasteiger partial charge in [0, 0.05) is 32.8 Å². The molecule has 22 heteroatoms. The van der Waals surface area contributed by atoms with E-state index in [2.05, 4.69) is 21.0 Å². The highest BCUT2D eigenvalue weighted by Crippen LogP contribution is 2.28. The Hall–Kier alpha value is -8.33. The first kappa shape index (κ1) is 64.2. The summed E-state index contributed by atoms with van der Waals surface area (Å²) in [6, 6.07) is 33.0. The highest BCUT2D eigenvalue weighted by Gasteiger charge is 2.38. The van der Waals surface area contributed by atoms with Crippen LogP contribution in [0.25, 0.3) is 0 Å². The predicted molar refractivity (Wildman–Crippen MR) is 284 cm³/mol. The minimum absolute atomic E-state index is 0.107. The number of aryl methyl sites for hydroxylation is 2. The number of hydrazine groups is 3. The van der Waals surface area contributed by atoms with Gasteiger partial charge in [-0.3, -0.25) is 45.0 Å². The van der Waals surface area contributed by atoms with Crippen molar-refractivity contribution in [1.82, 2.24) is 31.3 Å². The zero-order valence-electron chi connectivity index (χ0n) is 45.4. The minimum Gasteiger partial charge on any atom is -0.406 e. The van der Waals surface area contributed by atoms with Crippen molar-refractivity contribution in [1.29, 1.82) is 0 Å². The van der Waals surface area contributed by atoms with Crippen molar-refractivity contribution < 1.29 is 68.6 Å². The van der Waals surface area contributed by atoms with Gasteiger partial charge in [-0.25, -0.2) is 37.0 Å². The maximum absolute atomic E-state index is 14.0. The number of benzene rings is 6. The summed E-state index contributed by atoms with van der Waals surface area (Å²) in [5, 5.41) is 3.60. The number of rotatable bonds is 8. The molecule has 13 nitrogen and oxygen atoms in total. The highest BCUT2D eigenvalue weighted by molar-refractivity contribution is 6.30. The van der Waals surface area contributed by atoms with Crippen molar-refractivity contribution in [2.24, 2.45) is 0 Å². The summed E-state index contributed by atoms with van der Waals surface area (Å²) < 4.78 is 109. The van der Waals surface area contributed by atoms with E-state index in [1.807, 2.05) is 45.9 Å². The van der Waals surface area contributed by atoms with Crippen molar-refractivity contribution >= 4 is 47.0 Å². The van der Waals surface area contributed by atoms with E-state index in [9.17, 15) is 63.9 Å². The van der Waals surface area contributed by atoms with Gasteiger partial charge in [0.05, 0.1) is 16.6 Å². The summed E-state index contributed by atoms with van der Waals surface area (Å²) in [5.41, 5.74) is 6.65. The molecule has 0 saturated heterocycles. The number of hydrogen-bond donors (Lipinski definition) is 3. The fraction of sp³-hybridized carbons (Fsp3) is 0.276. The molecule has 6 rings (SSSR count). The number of hydrogen-bond acceptors (Lipinski definition) is 7. The van der Waals surface area contributed by atoms with E-state index in [1.165, 1.54) is 50.0 Å². The molecule has 0 unspecified atom stereocenters. The van der Waals surface area contributed by atoms with E-state index in [1.54, 1.807) is 100 Å². The zero-order valence-corrected chi connectivity index (χ0v) is 46.2. The number of halogens is 9. The lowest BCUT2D eigenvalue weighted by atomic mass is 10.1. The van der Waals surface area contributed by atoms with Crippen LogP contribution in [0.3, 0.4) is 0 Å². The van der Waals surface area contributed by atoms with Crippen LogP contribution in [-0.2, 0) is 6.42 Å². The molecule has 426 valence electrons. The van der Waals surface area contributed by atoms with Crippen LogP contribution in [0, 0.1) is 36.0 Å². The second-order valence-corrected chi connectivity index (χ2v) is 21.0. The summed E-state index contributed by atoms with van der Waals surface area (Å²) >= 11 is 5.93. The lowest BCUT2D eigenvalue weighted by molar-refractivity contribution is -0.274. The molecule has 0 radical (unpaired) electrons. The van der Waals surface area contributed by atoms with Gasteiger partial charge in [0.1, 0.15) is 11.3 Å². The number of nitrogens with zero attached hydrogens (tertiary/aromatic N) is 3. The molecule has 0 bridgehead atoms. The Labute approximate surface area is 462 Å². The predicted octanol–water partition coefficient (Wildman–Crippen LogP) is 12.9. The first-order valence-electron chi connectivity index (χ1n) is 24.4. The zero-order chi connectivity index (χ0) is 60.2. The number of amides is 6. The summed E-state index contributed by atoms with van der Waals surface area (Å²) in [6.07, 6.45) is -3.98. The standard InChI is InChI=1S/C21H23F3N2O3.C19H21ClN2O2.C18H15F5N2O2/c1-5-14-6-8-15(9-7-14)18(27)25-26(20(2,3)4)19(28)16-10-12-17(13-11-16)29-21(22,23)24;1-13-12-15(20)10-11-16(13)17(23)21-22(19(2,3)4)18(24)14-8-6-5-7-9-14;1-18(2,3)25(24-16(26)9-7-5-4-6-8-9)17(27)10-11(19)13(21)15(23)14(22)12(10)20/h6-13H,5H2,1-4H3,(H,25,27);5-12H,1-4H3,(H,21,23);4-8H,1-3H3,(H,24,26). The van der Waals surface area contributed by atoms with Crippen LogP contribution in [0.1, 0.15) is 143 Å². The molecule has 0 aliphatic heterocycles. The van der Waals surface area contributed by atoms with Gasteiger partial charge in [-0.15, -0.1) is 13.2 Å². The molecular formula is C58H59ClF8N6O7.